The maximum atomic E-state index is 11.9. The zero-order chi connectivity index (χ0) is 12.6. The van der Waals surface area contributed by atoms with Crippen LogP contribution in [0.2, 0.25) is 0 Å². The van der Waals surface area contributed by atoms with Crippen LogP contribution in [0.1, 0.15) is 33.1 Å². The summed E-state index contributed by atoms with van der Waals surface area (Å²) < 4.78 is 5.51. The molecule has 1 amide bonds. The number of rotatable bonds is 3. The zero-order valence-corrected chi connectivity index (χ0v) is 10.3. The molecule has 2 fully saturated rings. The summed E-state index contributed by atoms with van der Waals surface area (Å²) in [6.45, 7) is 4.92. The summed E-state index contributed by atoms with van der Waals surface area (Å²) in [4.78, 5) is 24.7. The Morgan fingerprint density at radius 2 is 2.29 bits per heavy atom. The van der Waals surface area contributed by atoms with Gasteiger partial charge in [-0.15, -0.1) is 0 Å². The molecular formula is C12H19NO4. The topological polar surface area (TPSA) is 66.8 Å². The Hall–Kier alpha value is -1.10. The minimum atomic E-state index is -0.891. The van der Waals surface area contributed by atoms with Gasteiger partial charge in [0.1, 0.15) is 0 Å². The molecule has 2 aliphatic rings. The smallest absolute Gasteiger partial charge is 0.309 e. The highest BCUT2D eigenvalue weighted by Crippen LogP contribution is 2.36. The van der Waals surface area contributed by atoms with Gasteiger partial charge in [0.25, 0.3) is 0 Å². The Morgan fingerprint density at radius 1 is 1.59 bits per heavy atom. The lowest BCUT2D eigenvalue weighted by molar-refractivity contribution is -0.144. The van der Waals surface area contributed by atoms with Crippen molar-refractivity contribution in [1.82, 2.24) is 4.90 Å². The first-order valence-electron chi connectivity index (χ1n) is 6.08. The third-order valence-corrected chi connectivity index (χ3v) is 3.94. The number of nitrogens with zero attached hydrogens (tertiary/aromatic N) is 1. The van der Waals surface area contributed by atoms with E-state index in [0.717, 1.165) is 19.4 Å². The van der Waals surface area contributed by atoms with E-state index in [9.17, 15) is 9.59 Å². The van der Waals surface area contributed by atoms with Crippen molar-refractivity contribution >= 4 is 11.9 Å². The van der Waals surface area contributed by atoms with Crippen LogP contribution in [0.5, 0.6) is 0 Å². The Bertz CT molecular complexity index is 333. The number of amides is 1. The highest BCUT2D eigenvalue weighted by atomic mass is 16.5. The lowest BCUT2D eigenvalue weighted by Crippen LogP contribution is -2.49. The number of aliphatic carboxylic acids is 1. The molecule has 0 radical (unpaired) electrons. The number of likely N-dealkylation sites (tertiary alicyclic amines) is 1. The summed E-state index contributed by atoms with van der Waals surface area (Å²) >= 11 is 0. The van der Waals surface area contributed by atoms with Crippen LogP contribution in [0.3, 0.4) is 0 Å². The van der Waals surface area contributed by atoms with Crippen molar-refractivity contribution in [3.05, 3.63) is 0 Å². The summed E-state index contributed by atoms with van der Waals surface area (Å²) in [5.41, 5.74) is -0.616. The third-order valence-electron chi connectivity index (χ3n) is 3.94. The molecule has 2 aliphatic heterocycles. The predicted molar refractivity (Wildman–Crippen MR) is 60.5 cm³/mol. The molecule has 2 saturated heterocycles. The van der Waals surface area contributed by atoms with Crippen LogP contribution in [0.15, 0.2) is 0 Å². The number of carbonyl (C=O) groups is 2. The maximum Gasteiger partial charge on any atom is 0.309 e. The van der Waals surface area contributed by atoms with Crippen molar-refractivity contribution in [3.63, 3.8) is 0 Å². The molecule has 2 atom stereocenters. The van der Waals surface area contributed by atoms with E-state index >= 15 is 0 Å². The van der Waals surface area contributed by atoms with E-state index in [-0.39, 0.29) is 18.4 Å². The van der Waals surface area contributed by atoms with Crippen LogP contribution in [0.4, 0.5) is 0 Å². The summed E-state index contributed by atoms with van der Waals surface area (Å²) in [5.74, 6) is -1.58. The van der Waals surface area contributed by atoms with Crippen molar-refractivity contribution in [2.45, 2.75) is 44.8 Å². The van der Waals surface area contributed by atoms with Gasteiger partial charge in [0.05, 0.1) is 17.6 Å². The molecule has 0 aromatic carbocycles. The summed E-state index contributed by atoms with van der Waals surface area (Å²) in [6, 6.07) is 0. The molecule has 0 aliphatic carbocycles. The second kappa shape index (κ2) is 4.29. The molecule has 1 N–H and O–H groups in total. The van der Waals surface area contributed by atoms with Gasteiger partial charge in [-0.1, -0.05) is 0 Å². The highest BCUT2D eigenvalue weighted by Gasteiger charge is 2.50. The van der Waals surface area contributed by atoms with Gasteiger partial charge in [0.2, 0.25) is 5.91 Å². The molecule has 0 aromatic heterocycles. The SMILES string of the molecule is CC1(C)C(C(=O)O)CC(=O)N1CC1CCCO1. The standard InChI is InChI=1S/C12H19NO4/c1-12(2)9(11(15)16)6-10(14)13(12)7-8-4-3-5-17-8/h8-9H,3-7H2,1-2H3,(H,15,16). The Morgan fingerprint density at radius 3 is 2.76 bits per heavy atom. The van der Waals surface area contributed by atoms with Gasteiger partial charge in [-0.05, 0) is 26.7 Å². The molecule has 5 heteroatoms. The largest absolute Gasteiger partial charge is 0.481 e. The van der Waals surface area contributed by atoms with E-state index in [1.165, 1.54) is 0 Å². The lowest BCUT2D eigenvalue weighted by Gasteiger charge is -2.35. The minimum absolute atomic E-state index is 0.0714. The molecule has 0 bridgehead atoms. The van der Waals surface area contributed by atoms with Gasteiger partial charge in [0.15, 0.2) is 0 Å². The van der Waals surface area contributed by atoms with E-state index in [2.05, 4.69) is 0 Å². The van der Waals surface area contributed by atoms with Crippen LogP contribution in [-0.4, -0.2) is 46.7 Å². The average Bonchev–Trinajstić information content (AvgIpc) is 2.80. The molecule has 96 valence electrons. The van der Waals surface area contributed by atoms with Crippen LogP contribution in [-0.2, 0) is 14.3 Å². The van der Waals surface area contributed by atoms with Crippen LogP contribution < -0.4 is 0 Å². The van der Waals surface area contributed by atoms with Crippen molar-refractivity contribution in [2.75, 3.05) is 13.2 Å². The van der Waals surface area contributed by atoms with Crippen LogP contribution in [0, 0.1) is 5.92 Å². The summed E-state index contributed by atoms with van der Waals surface area (Å²) in [6.07, 6.45) is 2.16. The van der Waals surface area contributed by atoms with Crippen molar-refractivity contribution in [1.29, 1.82) is 0 Å². The van der Waals surface area contributed by atoms with Crippen LogP contribution in [0.25, 0.3) is 0 Å². The Labute approximate surface area is 101 Å². The normalized spacial score (nSPS) is 32.1. The maximum absolute atomic E-state index is 11.9. The van der Waals surface area contributed by atoms with E-state index in [4.69, 9.17) is 9.84 Å². The monoisotopic (exact) mass is 241 g/mol. The molecule has 0 aromatic rings. The first-order valence-corrected chi connectivity index (χ1v) is 6.08. The van der Waals surface area contributed by atoms with Gasteiger partial charge in [-0.25, -0.2) is 0 Å². The Balaban J connectivity index is 2.10. The fourth-order valence-corrected chi connectivity index (χ4v) is 2.76. The zero-order valence-electron chi connectivity index (χ0n) is 10.3. The molecule has 2 unspecified atom stereocenters. The quantitative estimate of drug-likeness (QED) is 0.796. The van der Waals surface area contributed by atoms with Gasteiger partial charge >= 0.3 is 5.97 Å². The van der Waals surface area contributed by atoms with Crippen molar-refractivity contribution in [2.24, 2.45) is 5.92 Å². The van der Waals surface area contributed by atoms with E-state index in [0.29, 0.717) is 6.54 Å². The Kier molecular flexibility index (Phi) is 3.12. The lowest BCUT2D eigenvalue weighted by atomic mass is 9.88. The van der Waals surface area contributed by atoms with E-state index in [1.54, 1.807) is 4.90 Å². The number of carboxylic acid groups (broad SMARTS) is 1. The molecule has 17 heavy (non-hydrogen) atoms. The first kappa shape index (κ1) is 12.4. The predicted octanol–water partition coefficient (Wildman–Crippen LogP) is 0.877. The molecule has 2 heterocycles. The number of ether oxygens (including phenoxy) is 1. The van der Waals surface area contributed by atoms with Crippen molar-refractivity contribution in [3.8, 4) is 0 Å². The highest BCUT2D eigenvalue weighted by molar-refractivity contribution is 5.88. The molecule has 2 rings (SSSR count). The number of carboxylic acids is 1. The van der Waals surface area contributed by atoms with Crippen molar-refractivity contribution < 1.29 is 19.4 Å². The molecule has 0 spiro atoms. The second-order valence-electron chi connectivity index (χ2n) is 5.39. The first-order chi connectivity index (χ1) is 7.93. The van der Waals surface area contributed by atoms with Gasteiger partial charge in [-0.2, -0.15) is 0 Å². The number of hydrogen-bond donors (Lipinski definition) is 1. The van der Waals surface area contributed by atoms with E-state index < -0.39 is 17.4 Å². The van der Waals surface area contributed by atoms with Gasteiger partial charge < -0.3 is 14.7 Å². The van der Waals surface area contributed by atoms with Gasteiger partial charge in [-0.3, -0.25) is 9.59 Å². The third kappa shape index (κ3) is 2.16. The average molecular weight is 241 g/mol. The molecule has 0 saturated carbocycles. The van der Waals surface area contributed by atoms with Crippen LogP contribution >= 0.6 is 0 Å². The number of carbonyl (C=O) groups excluding carboxylic acids is 1. The number of hydrogen-bond acceptors (Lipinski definition) is 3. The fourth-order valence-electron chi connectivity index (χ4n) is 2.76. The summed E-state index contributed by atoms with van der Waals surface area (Å²) in [7, 11) is 0. The molecule has 5 nitrogen and oxygen atoms in total. The fraction of sp³-hybridized carbons (Fsp3) is 0.833. The molecular weight excluding hydrogens is 222 g/mol. The second-order valence-corrected chi connectivity index (χ2v) is 5.39. The summed E-state index contributed by atoms with van der Waals surface area (Å²) in [5, 5.41) is 9.14. The minimum Gasteiger partial charge on any atom is -0.481 e. The van der Waals surface area contributed by atoms with Gasteiger partial charge in [0, 0.05) is 19.6 Å². The van der Waals surface area contributed by atoms with E-state index in [1.807, 2.05) is 13.8 Å².